The second-order valence-corrected chi connectivity index (χ2v) is 12.4. The first kappa shape index (κ1) is 42.6. The lowest BCUT2D eigenvalue weighted by Crippen LogP contribution is -2.48. The second-order valence-electron chi connectivity index (χ2n) is 12.0. The third-order valence-corrected chi connectivity index (χ3v) is 7.69. The summed E-state index contributed by atoms with van der Waals surface area (Å²) in [5.41, 5.74) is 2.02. The zero-order valence-corrected chi connectivity index (χ0v) is 29.9. The number of benzene rings is 2. The van der Waals surface area contributed by atoms with Crippen molar-refractivity contribution in [2.45, 2.75) is 39.2 Å². The molecule has 2 aromatic carbocycles. The van der Waals surface area contributed by atoms with Crippen molar-refractivity contribution in [1.82, 2.24) is 20.0 Å². The van der Waals surface area contributed by atoms with E-state index in [0.29, 0.717) is 30.2 Å². The predicted octanol–water partition coefficient (Wildman–Crippen LogP) is 2.15. The Hall–Kier alpha value is -4.55. The molecule has 2 rings (SSSR count). The van der Waals surface area contributed by atoms with Crippen molar-refractivity contribution in [3.63, 3.8) is 0 Å². The van der Waals surface area contributed by atoms with Crippen molar-refractivity contribution >= 4 is 52.6 Å². The monoisotopic (exact) mass is 734 g/mol. The van der Waals surface area contributed by atoms with Crippen LogP contribution in [0, 0.1) is 0 Å². The van der Waals surface area contributed by atoms with Gasteiger partial charge in [-0.05, 0) is 74.4 Å². The van der Waals surface area contributed by atoms with Crippen molar-refractivity contribution in [2.24, 2.45) is 0 Å². The molecule has 0 aliphatic carbocycles. The number of phenolic OH excluding ortho intramolecular Hbond substituents is 1. The van der Waals surface area contributed by atoms with Gasteiger partial charge in [-0.3, -0.25) is 33.9 Å². The summed E-state index contributed by atoms with van der Waals surface area (Å²) in [7, 11) is 0. The first-order valence-corrected chi connectivity index (χ1v) is 17.1. The Kier molecular flexibility index (Phi) is 19.2. The van der Waals surface area contributed by atoms with E-state index < -0.39 is 49.6 Å². The Bertz CT molecular complexity index is 1410. The number of hydrogen-bond donors (Lipinski definition) is 8. The molecule has 1 atom stereocenters. The van der Waals surface area contributed by atoms with Crippen molar-refractivity contribution in [3.8, 4) is 11.5 Å². The number of aromatic hydroxyl groups is 1. The fraction of sp³-hybridized carbons (Fsp3) is 0.500. The van der Waals surface area contributed by atoms with Gasteiger partial charge in [0.15, 0.2) is 16.6 Å². The quantitative estimate of drug-likeness (QED) is 0.0648. The molecule has 0 radical (unpaired) electrons. The normalized spacial score (nSPS) is 11.8. The molecule has 2 aromatic rings. The highest BCUT2D eigenvalue weighted by Gasteiger charge is 2.21. The molecule has 0 spiro atoms. The van der Waals surface area contributed by atoms with E-state index in [1.54, 1.807) is 24.3 Å². The van der Waals surface area contributed by atoms with E-state index in [1.165, 1.54) is 15.9 Å². The summed E-state index contributed by atoms with van der Waals surface area (Å²) in [6.07, 6.45) is 2.44. The number of carboxylic acid groups (broad SMARTS) is 4. The molecule has 0 saturated heterocycles. The molecule has 51 heavy (non-hydrogen) atoms. The number of carbonyl (C=O) groups is 4. The lowest BCUT2D eigenvalue weighted by atomic mass is 10.0. The number of rotatable bonds is 26. The van der Waals surface area contributed by atoms with Gasteiger partial charge in [-0.1, -0.05) is 26.0 Å². The molecule has 1 unspecified atom stereocenters. The minimum atomic E-state index is -1.22. The maximum atomic E-state index is 11.6. The van der Waals surface area contributed by atoms with Crippen LogP contribution >= 0.6 is 12.2 Å². The topological polar surface area (TPSA) is 224 Å². The maximum Gasteiger partial charge on any atom is 0.317 e. The zero-order valence-electron chi connectivity index (χ0n) is 29.0. The van der Waals surface area contributed by atoms with Crippen LogP contribution in [0.4, 0.5) is 11.4 Å². The lowest BCUT2D eigenvalue weighted by Gasteiger charge is -2.29. The highest BCUT2D eigenvalue weighted by molar-refractivity contribution is 7.80. The lowest BCUT2D eigenvalue weighted by molar-refractivity contribution is -0.143. The largest absolute Gasteiger partial charge is 0.504 e. The highest BCUT2D eigenvalue weighted by Crippen LogP contribution is 2.29. The number of thiocarbonyl (C=S) groups is 1. The third kappa shape index (κ3) is 18.3. The minimum absolute atomic E-state index is 0.0180. The van der Waals surface area contributed by atoms with Gasteiger partial charge in [0.1, 0.15) is 6.61 Å². The first-order chi connectivity index (χ1) is 24.3. The van der Waals surface area contributed by atoms with Gasteiger partial charge in [0.2, 0.25) is 0 Å². The summed E-state index contributed by atoms with van der Waals surface area (Å²) < 4.78 is 5.79. The summed E-state index contributed by atoms with van der Waals surface area (Å²) in [5.74, 6) is -4.33. The number of nitrogens with one attached hydrogen (secondary N) is 3. The zero-order chi connectivity index (χ0) is 37.8. The van der Waals surface area contributed by atoms with Gasteiger partial charge < -0.3 is 46.2 Å². The van der Waals surface area contributed by atoms with Crippen LogP contribution in [-0.4, -0.2) is 147 Å². The van der Waals surface area contributed by atoms with Crippen LogP contribution in [0.2, 0.25) is 0 Å². The molecular weight excluding hydrogens is 684 g/mol. The van der Waals surface area contributed by atoms with Crippen LogP contribution in [0.15, 0.2) is 42.5 Å². The molecule has 0 aliphatic heterocycles. The molecule has 0 aromatic heterocycles. The average Bonchev–Trinajstić information content (AvgIpc) is 3.03. The number of ether oxygens (including phenoxy) is 1. The van der Waals surface area contributed by atoms with E-state index >= 15 is 0 Å². The van der Waals surface area contributed by atoms with Crippen molar-refractivity contribution < 1.29 is 49.4 Å². The number of phenols is 1. The van der Waals surface area contributed by atoms with Crippen LogP contribution in [-0.2, 0) is 25.6 Å². The van der Waals surface area contributed by atoms with Crippen LogP contribution in [0.3, 0.4) is 0 Å². The van der Waals surface area contributed by atoms with Crippen molar-refractivity contribution in [2.75, 3.05) is 82.7 Å². The molecule has 0 aliphatic rings. The van der Waals surface area contributed by atoms with Gasteiger partial charge in [0.25, 0.3) is 0 Å². The summed E-state index contributed by atoms with van der Waals surface area (Å²) in [6, 6.07) is 11.6. The van der Waals surface area contributed by atoms with E-state index in [0.717, 1.165) is 38.0 Å². The van der Waals surface area contributed by atoms with Crippen LogP contribution < -0.4 is 20.7 Å². The van der Waals surface area contributed by atoms with Gasteiger partial charge in [-0.15, -0.1) is 0 Å². The number of aliphatic carboxylic acids is 4. The molecule has 0 heterocycles. The molecular formula is C34H50N6O10S. The molecule has 0 bridgehead atoms. The molecule has 0 fully saturated rings. The Labute approximate surface area is 303 Å². The maximum absolute atomic E-state index is 11.6. The minimum Gasteiger partial charge on any atom is -0.504 e. The van der Waals surface area contributed by atoms with E-state index in [2.05, 4.69) is 34.7 Å². The van der Waals surface area contributed by atoms with Gasteiger partial charge in [-0.25, -0.2) is 0 Å². The Morgan fingerprint density at radius 2 is 1.27 bits per heavy atom. The summed E-state index contributed by atoms with van der Waals surface area (Å²) in [4.78, 5) is 50.2. The smallest absolute Gasteiger partial charge is 0.317 e. The van der Waals surface area contributed by atoms with Crippen LogP contribution in [0.1, 0.15) is 32.3 Å². The summed E-state index contributed by atoms with van der Waals surface area (Å²) in [5, 5.41) is 56.7. The molecule has 282 valence electrons. The average molecular weight is 735 g/mol. The van der Waals surface area contributed by atoms with E-state index in [-0.39, 0.29) is 37.0 Å². The summed E-state index contributed by atoms with van der Waals surface area (Å²) in [6.45, 7) is 5.72. The van der Waals surface area contributed by atoms with Crippen molar-refractivity contribution in [3.05, 3.63) is 48.0 Å². The van der Waals surface area contributed by atoms with Gasteiger partial charge in [0, 0.05) is 49.7 Å². The number of nitrogens with zero attached hydrogens (tertiary/aromatic N) is 3. The Morgan fingerprint density at radius 3 is 1.82 bits per heavy atom. The number of hydrogen-bond acceptors (Lipinski definition) is 11. The number of carboxylic acids is 4. The molecule has 17 heteroatoms. The van der Waals surface area contributed by atoms with Gasteiger partial charge >= 0.3 is 23.9 Å². The molecule has 0 amide bonds. The SMILES string of the molecule is CCCN(CCC)CCOc1ccc(NC(=S)Nc2ccc(CC(CN(CCN(CC(=O)O)CC(=O)O)CC(=O)O)NCC(=O)O)cc2)cc1O. The highest BCUT2D eigenvalue weighted by atomic mass is 32.1. The van der Waals surface area contributed by atoms with Crippen molar-refractivity contribution in [1.29, 1.82) is 0 Å². The van der Waals surface area contributed by atoms with Gasteiger partial charge in [0.05, 0.1) is 26.2 Å². The fourth-order valence-corrected chi connectivity index (χ4v) is 5.56. The molecule has 8 N–H and O–H groups in total. The van der Waals surface area contributed by atoms with E-state index in [9.17, 15) is 34.5 Å². The summed E-state index contributed by atoms with van der Waals surface area (Å²) >= 11 is 5.45. The second kappa shape index (κ2) is 23.0. The number of anilines is 2. The molecule has 0 saturated carbocycles. The Morgan fingerprint density at radius 1 is 0.725 bits per heavy atom. The van der Waals surface area contributed by atoms with E-state index in [4.69, 9.17) is 27.2 Å². The van der Waals surface area contributed by atoms with Gasteiger partial charge in [-0.2, -0.15) is 0 Å². The first-order valence-electron chi connectivity index (χ1n) is 16.7. The molecule has 16 nitrogen and oxygen atoms in total. The van der Waals surface area contributed by atoms with Crippen LogP contribution in [0.25, 0.3) is 0 Å². The predicted molar refractivity (Wildman–Crippen MR) is 196 cm³/mol. The van der Waals surface area contributed by atoms with Crippen LogP contribution in [0.5, 0.6) is 11.5 Å². The fourth-order valence-electron chi connectivity index (χ4n) is 5.32. The van der Waals surface area contributed by atoms with E-state index in [1.807, 2.05) is 12.1 Å². The Balaban J connectivity index is 2.00. The standard InChI is InChI=1S/C34H50N6O10S/c1-3-11-38(12-4-2)15-16-50-29-10-9-26(18-28(29)41)37-34(51)36-25-7-5-24(6-8-25)17-27(35-19-30(42)43)20-39(21-31(44)45)13-14-40(22-32(46)47)23-33(48)49/h5-10,18,27,35,41H,3-4,11-17,19-23H2,1-2H3,(H,42,43)(H,44,45)(H,46,47)(H,48,49)(H2,36,37,51). The third-order valence-electron chi connectivity index (χ3n) is 7.49.